The highest BCUT2D eigenvalue weighted by Gasteiger charge is 2.24. The maximum absolute atomic E-state index is 5.19. The normalized spacial score (nSPS) is 21.7. The predicted molar refractivity (Wildman–Crippen MR) is 44.5 cm³/mol. The Kier molecular flexibility index (Phi) is 1.66. The molecule has 11 heavy (non-hydrogen) atoms. The number of hydrogen-bond donors (Lipinski definition) is 0. The van der Waals surface area contributed by atoms with Crippen LogP contribution in [0.15, 0.2) is 24.3 Å². The van der Waals surface area contributed by atoms with Crippen LogP contribution in [0.2, 0.25) is 0 Å². The molecule has 1 aromatic rings. The van der Waals surface area contributed by atoms with Gasteiger partial charge in [-0.2, -0.15) is 0 Å². The average Bonchev–Trinajstić information content (AvgIpc) is 2.87. The Bertz CT molecular complexity index is 251. The minimum Gasteiger partial charge on any atom is -0.368 e. The van der Waals surface area contributed by atoms with E-state index in [9.17, 15) is 0 Å². The largest absolute Gasteiger partial charge is 0.368 e. The molecule has 1 unspecified atom stereocenters. The molecule has 1 saturated heterocycles. The molecule has 0 spiro atoms. The van der Waals surface area contributed by atoms with E-state index < -0.39 is 0 Å². The minimum atomic E-state index is 0.404. The van der Waals surface area contributed by atoms with Crippen LogP contribution in [0.4, 0.5) is 0 Å². The lowest BCUT2D eigenvalue weighted by molar-refractivity contribution is 0.415. The van der Waals surface area contributed by atoms with Gasteiger partial charge < -0.3 is 4.74 Å². The van der Waals surface area contributed by atoms with Crippen molar-refractivity contribution < 1.29 is 4.74 Å². The van der Waals surface area contributed by atoms with E-state index in [1.165, 1.54) is 11.1 Å². The van der Waals surface area contributed by atoms with Crippen LogP contribution in [0.5, 0.6) is 0 Å². The van der Waals surface area contributed by atoms with Gasteiger partial charge in [0.1, 0.15) is 6.10 Å². The number of epoxide rings is 1. The van der Waals surface area contributed by atoms with Gasteiger partial charge in [0, 0.05) is 0 Å². The lowest BCUT2D eigenvalue weighted by Gasteiger charge is -1.98. The number of ether oxygens (including phenoxy) is 1. The summed E-state index contributed by atoms with van der Waals surface area (Å²) < 4.78 is 5.19. The van der Waals surface area contributed by atoms with Crippen molar-refractivity contribution >= 4 is 0 Å². The summed E-state index contributed by atoms with van der Waals surface area (Å²) in [6.45, 7) is 3.08. The summed E-state index contributed by atoms with van der Waals surface area (Å²) in [7, 11) is 0. The molecule has 0 radical (unpaired) electrons. The fraction of sp³-hybridized carbons (Fsp3) is 0.400. The molecule has 0 amide bonds. The molecule has 0 aliphatic carbocycles. The standard InChI is InChI=1S/C10H12O/c1-2-8-4-3-5-9(6-8)10-7-11-10/h3-6,10H,2,7H2,1H3. The van der Waals surface area contributed by atoms with Crippen LogP contribution < -0.4 is 0 Å². The smallest absolute Gasteiger partial charge is 0.106 e. The van der Waals surface area contributed by atoms with E-state index in [1.807, 2.05) is 0 Å². The fourth-order valence-corrected chi connectivity index (χ4v) is 1.25. The van der Waals surface area contributed by atoms with E-state index in [2.05, 4.69) is 31.2 Å². The number of benzene rings is 1. The molecule has 1 aliphatic rings. The Balaban J connectivity index is 2.26. The van der Waals surface area contributed by atoms with E-state index in [-0.39, 0.29) is 0 Å². The van der Waals surface area contributed by atoms with Gasteiger partial charge in [0.15, 0.2) is 0 Å². The number of rotatable bonds is 2. The van der Waals surface area contributed by atoms with Gasteiger partial charge in [0.05, 0.1) is 6.61 Å². The van der Waals surface area contributed by atoms with E-state index in [0.717, 1.165) is 13.0 Å². The van der Waals surface area contributed by atoms with Crippen LogP contribution in [0.25, 0.3) is 0 Å². The summed E-state index contributed by atoms with van der Waals surface area (Å²) in [6.07, 6.45) is 1.52. The van der Waals surface area contributed by atoms with Crippen LogP contribution >= 0.6 is 0 Å². The van der Waals surface area contributed by atoms with Crippen LogP contribution in [0.3, 0.4) is 0 Å². The zero-order chi connectivity index (χ0) is 7.68. The zero-order valence-corrected chi connectivity index (χ0v) is 6.71. The molecule has 0 saturated carbocycles. The second-order valence-corrected chi connectivity index (χ2v) is 2.92. The van der Waals surface area contributed by atoms with Gasteiger partial charge in [-0.05, 0) is 17.5 Å². The van der Waals surface area contributed by atoms with Crippen molar-refractivity contribution in [3.05, 3.63) is 35.4 Å². The number of hydrogen-bond acceptors (Lipinski definition) is 1. The van der Waals surface area contributed by atoms with Crippen molar-refractivity contribution in [2.24, 2.45) is 0 Å². The maximum Gasteiger partial charge on any atom is 0.106 e. The summed E-state index contributed by atoms with van der Waals surface area (Å²) in [5.74, 6) is 0. The van der Waals surface area contributed by atoms with Crippen molar-refractivity contribution in [3.8, 4) is 0 Å². The molecule has 1 fully saturated rings. The van der Waals surface area contributed by atoms with E-state index >= 15 is 0 Å². The first kappa shape index (κ1) is 6.86. The van der Waals surface area contributed by atoms with Crippen LogP contribution in [-0.2, 0) is 11.2 Å². The topological polar surface area (TPSA) is 12.5 Å². The van der Waals surface area contributed by atoms with Gasteiger partial charge in [0.25, 0.3) is 0 Å². The lowest BCUT2D eigenvalue weighted by atomic mass is 10.1. The molecule has 1 aliphatic heterocycles. The van der Waals surface area contributed by atoms with E-state index in [4.69, 9.17) is 4.74 Å². The van der Waals surface area contributed by atoms with Gasteiger partial charge >= 0.3 is 0 Å². The Hall–Kier alpha value is -0.820. The third-order valence-corrected chi connectivity index (χ3v) is 2.06. The summed E-state index contributed by atoms with van der Waals surface area (Å²) >= 11 is 0. The molecule has 0 aromatic heterocycles. The van der Waals surface area contributed by atoms with Gasteiger partial charge in [-0.1, -0.05) is 31.2 Å². The minimum absolute atomic E-state index is 0.404. The monoisotopic (exact) mass is 148 g/mol. The van der Waals surface area contributed by atoms with Crippen molar-refractivity contribution in [1.82, 2.24) is 0 Å². The second kappa shape index (κ2) is 2.67. The third kappa shape index (κ3) is 1.43. The molecular formula is C10H12O. The molecule has 1 atom stereocenters. The predicted octanol–water partition coefficient (Wildman–Crippen LogP) is 2.32. The van der Waals surface area contributed by atoms with Crippen LogP contribution in [-0.4, -0.2) is 6.61 Å². The Morgan fingerprint density at radius 2 is 2.36 bits per heavy atom. The quantitative estimate of drug-likeness (QED) is 0.586. The Morgan fingerprint density at radius 3 is 3.00 bits per heavy atom. The van der Waals surface area contributed by atoms with Crippen LogP contribution in [0.1, 0.15) is 24.2 Å². The van der Waals surface area contributed by atoms with Crippen molar-refractivity contribution in [2.45, 2.75) is 19.4 Å². The molecule has 2 rings (SSSR count). The zero-order valence-electron chi connectivity index (χ0n) is 6.71. The van der Waals surface area contributed by atoms with Gasteiger partial charge in [-0.25, -0.2) is 0 Å². The average molecular weight is 148 g/mol. The van der Waals surface area contributed by atoms with Crippen molar-refractivity contribution in [2.75, 3.05) is 6.61 Å². The van der Waals surface area contributed by atoms with E-state index in [1.54, 1.807) is 0 Å². The highest BCUT2D eigenvalue weighted by atomic mass is 16.6. The van der Waals surface area contributed by atoms with Crippen LogP contribution in [0, 0.1) is 0 Å². The second-order valence-electron chi connectivity index (χ2n) is 2.92. The summed E-state index contributed by atoms with van der Waals surface area (Å²) in [6, 6.07) is 8.64. The van der Waals surface area contributed by atoms with Crippen molar-refractivity contribution in [3.63, 3.8) is 0 Å². The maximum atomic E-state index is 5.19. The molecule has 58 valence electrons. The number of aryl methyl sites for hydroxylation is 1. The van der Waals surface area contributed by atoms with Gasteiger partial charge in [-0.3, -0.25) is 0 Å². The SMILES string of the molecule is CCc1cccc(C2CO2)c1. The highest BCUT2D eigenvalue weighted by molar-refractivity contribution is 5.26. The van der Waals surface area contributed by atoms with Gasteiger partial charge in [-0.15, -0.1) is 0 Å². The fourth-order valence-electron chi connectivity index (χ4n) is 1.25. The lowest BCUT2D eigenvalue weighted by Crippen LogP contribution is -1.84. The first-order valence-corrected chi connectivity index (χ1v) is 4.10. The summed E-state index contributed by atoms with van der Waals surface area (Å²) in [4.78, 5) is 0. The third-order valence-electron chi connectivity index (χ3n) is 2.06. The molecule has 1 heterocycles. The molecule has 0 N–H and O–H groups in total. The van der Waals surface area contributed by atoms with Gasteiger partial charge in [0.2, 0.25) is 0 Å². The first-order valence-electron chi connectivity index (χ1n) is 4.10. The summed E-state index contributed by atoms with van der Waals surface area (Å²) in [5.41, 5.74) is 2.74. The van der Waals surface area contributed by atoms with E-state index in [0.29, 0.717) is 6.10 Å². The molecule has 1 heteroatoms. The molecule has 0 bridgehead atoms. The Labute approximate surface area is 67.0 Å². The molecular weight excluding hydrogens is 136 g/mol. The highest BCUT2D eigenvalue weighted by Crippen LogP contribution is 2.29. The Morgan fingerprint density at radius 1 is 1.55 bits per heavy atom. The van der Waals surface area contributed by atoms with Crippen molar-refractivity contribution in [1.29, 1.82) is 0 Å². The molecule has 1 nitrogen and oxygen atoms in total. The first-order chi connectivity index (χ1) is 5.40. The summed E-state index contributed by atoms with van der Waals surface area (Å²) in [5, 5.41) is 0. The molecule has 1 aromatic carbocycles.